The largest absolute Gasteiger partial charge is 0.300 e. The van der Waals surface area contributed by atoms with E-state index in [1.54, 1.807) is 0 Å². The minimum atomic E-state index is 0.464. The van der Waals surface area contributed by atoms with Gasteiger partial charge < -0.3 is 0 Å². The maximum Gasteiger partial charge on any atom is 0.231 e. The van der Waals surface area contributed by atoms with Crippen LogP contribution in [0.15, 0.2) is 0 Å². The van der Waals surface area contributed by atoms with Crippen LogP contribution in [0.5, 0.6) is 0 Å². The van der Waals surface area contributed by atoms with Gasteiger partial charge in [-0.3, -0.25) is 4.79 Å². The number of carbonyl (C=O) groups excluding carboxylic acids is 2. The molecule has 1 fully saturated rings. The number of rotatable bonds is 0. The van der Waals surface area contributed by atoms with Gasteiger partial charge in [-0.25, -0.2) is 10.2 Å². The Kier molecular flexibility index (Phi) is 5.59. The predicted octanol–water partition coefficient (Wildman–Crippen LogP) is 1.42. The first kappa shape index (κ1) is 9.05. The fraction of sp³-hybridized carbons (Fsp3) is 0.714. The number of Topliss-reactive ketones (excluding diaryl/α,β-unsaturated/α-hetero) is 1. The molecule has 10 heavy (non-hydrogen) atoms. The summed E-state index contributed by atoms with van der Waals surface area (Å²) >= 11 is 0. The van der Waals surface area contributed by atoms with Crippen molar-refractivity contribution in [3.05, 3.63) is 0 Å². The Hall–Kier alpha value is -0.950. The summed E-state index contributed by atoms with van der Waals surface area (Å²) in [4.78, 5) is 18.8. The lowest BCUT2D eigenvalue weighted by Crippen LogP contribution is -2.02. The van der Waals surface area contributed by atoms with E-state index in [1.807, 2.05) is 0 Å². The molecular formula is C7H11NO2. The summed E-state index contributed by atoms with van der Waals surface area (Å²) in [6, 6.07) is 0. The molecule has 1 rings (SSSR count). The van der Waals surface area contributed by atoms with Crippen LogP contribution >= 0.6 is 0 Å². The third-order valence-corrected chi connectivity index (χ3v) is 1.41. The Morgan fingerprint density at radius 1 is 1.20 bits per heavy atom. The third kappa shape index (κ3) is 5.19. The number of carbonyl (C=O) groups is 1. The second-order valence-corrected chi connectivity index (χ2v) is 2.20. The Bertz CT molecular complexity index is 129. The molecule has 0 unspecified atom stereocenters. The lowest BCUT2D eigenvalue weighted by atomic mass is 10.00. The van der Waals surface area contributed by atoms with E-state index in [1.165, 1.54) is 6.42 Å². The van der Waals surface area contributed by atoms with Crippen molar-refractivity contribution < 1.29 is 9.59 Å². The minimum Gasteiger partial charge on any atom is -0.300 e. The summed E-state index contributed by atoms with van der Waals surface area (Å²) in [5, 5.41) is 5.40. The van der Waals surface area contributed by atoms with Gasteiger partial charge in [-0.2, -0.15) is 0 Å². The standard InChI is InChI=1S/C6H10O.CHNO/c7-6-4-2-1-3-5-6;2-1-3/h1-5H2;2H. The summed E-state index contributed by atoms with van der Waals surface area (Å²) in [6.07, 6.45) is 5.99. The third-order valence-electron chi connectivity index (χ3n) is 1.41. The van der Waals surface area contributed by atoms with Crippen LogP contribution in [0.2, 0.25) is 0 Å². The van der Waals surface area contributed by atoms with Crippen molar-refractivity contribution in [3.8, 4) is 0 Å². The predicted molar refractivity (Wildman–Crippen MR) is 36.5 cm³/mol. The van der Waals surface area contributed by atoms with Gasteiger partial charge >= 0.3 is 0 Å². The highest BCUT2D eigenvalue weighted by molar-refractivity contribution is 5.78. The van der Waals surface area contributed by atoms with Crippen LogP contribution in [-0.2, 0) is 9.59 Å². The number of ketones is 1. The van der Waals surface area contributed by atoms with E-state index >= 15 is 0 Å². The average molecular weight is 141 g/mol. The molecule has 0 aromatic heterocycles. The Balaban J connectivity index is 0.000000236. The number of isocyanates is 1. The molecule has 0 heterocycles. The number of hydrogen-bond acceptors (Lipinski definition) is 3. The second-order valence-electron chi connectivity index (χ2n) is 2.20. The highest BCUT2D eigenvalue weighted by atomic mass is 16.1. The van der Waals surface area contributed by atoms with Gasteiger partial charge in [0.25, 0.3) is 0 Å². The molecule has 0 aromatic carbocycles. The van der Waals surface area contributed by atoms with Crippen molar-refractivity contribution in [3.63, 3.8) is 0 Å². The molecule has 1 aliphatic rings. The summed E-state index contributed by atoms with van der Waals surface area (Å²) in [7, 11) is 0. The van der Waals surface area contributed by atoms with E-state index in [4.69, 9.17) is 10.2 Å². The van der Waals surface area contributed by atoms with Crippen molar-refractivity contribution in [2.24, 2.45) is 0 Å². The molecule has 0 saturated heterocycles. The van der Waals surface area contributed by atoms with Gasteiger partial charge in [-0.15, -0.1) is 0 Å². The zero-order valence-corrected chi connectivity index (χ0v) is 5.85. The molecule has 0 aromatic rings. The summed E-state index contributed by atoms with van der Waals surface area (Å²) in [5.74, 6) is 0.464. The summed E-state index contributed by atoms with van der Waals surface area (Å²) in [5.41, 5.74) is 0. The highest BCUT2D eigenvalue weighted by Gasteiger charge is 2.05. The molecule has 56 valence electrons. The first-order chi connectivity index (χ1) is 4.81. The van der Waals surface area contributed by atoms with E-state index in [-0.39, 0.29) is 0 Å². The van der Waals surface area contributed by atoms with Gasteiger partial charge in [0.1, 0.15) is 5.78 Å². The minimum absolute atomic E-state index is 0.464. The van der Waals surface area contributed by atoms with Gasteiger partial charge in [0.05, 0.1) is 0 Å². The monoisotopic (exact) mass is 141 g/mol. The zero-order valence-electron chi connectivity index (χ0n) is 5.85. The van der Waals surface area contributed by atoms with Crippen LogP contribution in [0, 0.1) is 5.41 Å². The molecule has 0 spiro atoms. The van der Waals surface area contributed by atoms with Crippen LogP contribution in [0.1, 0.15) is 32.1 Å². The Morgan fingerprint density at radius 2 is 1.60 bits per heavy atom. The molecule has 3 heteroatoms. The molecular weight excluding hydrogens is 130 g/mol. The fourth-order valence-electron chi connectivity index (χ4n) is 0.946. The topological polar surface area (TPSA) is 58.0 Å². The van der Waals surface area contributed by atoms with Crippen LogP contribution in [-0.4, -0.2) is 11.9 Å². The molecule has 0 bridgehead atoms. The van der Waals surface area contributed by atoms with Crippen LogP contribution in [0.3, 0.4) is 0 Å². The van der Waals surface area contributed by atoms with Gasteiger partial charge in [0, 0.05) is 12.8 Å². The Morgan fingerprint density at radius 3 is 1.80 bits per heavy atom. The zero-order chi connectivity index (χ0) is 7.82. The molecule has 3 nitrogen and oxygen atoms in total. The SMILES string of the molecule is N=C=O.O=C1CCCCC1. The van der Waals surface area contributed by atoms with E-state index in [0.717, 1.165) is 31.8 Å². The van der Waals surface area contributed by atoms with E-state index in [0.29, 0.717) is 5.78 Å². The molecule has 0 amide bonds. The van der Waals surface area contributed by atoms with Crippen molar-refractivity contribution in [1.29, 1.82) is 5.41 Å². The fourth-order valence-corrected chi connectivity index (χ4v) is 0.946. The van der Waals surface area contributed by atoms with Gasteiger partial charge in [0.2, 0.25) is 6.08 Å². The lowest BCUT2D eigenvalue weighted by Gasteiger charge is -2.05. The molecule has 0 radical (unpaired) electrons. The molecule has 1 aliphatic carbocycles. The normalized spacial score (nSPS) is 16.6. The first-order valence-electron chi connectivity index (χ1n) is 3.37. The van der Waals surface area contributed by atoms with Gasteiger partial charge in [-0.05, 0) is 12.8 Å². The maximum absolute atomic E-state index is 10.5. The number of nitrogens with one attached hydrogen (secondary N) is 1. The first-order valence-corrected chi connectivity index (χ1v) is 3.37. The van der Waals surface area contributed by atoms with Crippen LogP contribution in [0.4, 0.5) is 0 Å². The second kappa shape index (κ2) is 6.17. The number of hydrogen-bond donors (Lipinski definition) is 1. The molecule has 1 saturated carbocycles. The van der Waals surface area contributed by atoms with Gasteiger partial charge in [0.15, 0.2) is 0 Å². The molecule has 1 N–H and O–H groups in total. The van der Waals surface area contributed by atoms with Crippen molar-refractivity contribution in [2.75, 3.05) is 0 Å². The van der Waals surface area contributed by atoms with Crippen molar-refractivity contribution >= 4 is 11.9 Å². The molecule has 0 aliphatic heterocycles. The van der Waals surface area contributed by atoms with E-state index in [9.17, 15) is 4.79 Å². The quantitative estimate of drug-likeness (QED) is 0.409. The van der Waals surface area contributed by atoms with Crippen molar-refractivity contribution in [1.82, 2.24) is 0 Å². The van der Waals surface area contributed by atoms with Crippen molar-refractivity contribution in [2.45, 2.75) is 32.1 Å². The maximum atomic E-state index is 10.5. The highest BCUT2D eigenvalue weighted by Crippen LogP contribution is 2.12. The average Bonchev–Trinajstić information content (AvgIpc) is 1.91. The summed E-state index contributed by atoms with van der Waals surface area (Å²) < 4.78 is 0. The van der Waals surface area contributed by atoms with Crippen LogP contribution < -0.4 is 0 Å². The van der Waals surface area contributed by atoms with E-state index in [2.05, 4.69) is 0 Å². The van der Waals surface area contributed by atoms with Gasteiger partial charge in [-0.1, -0.05) is 6.42 Å². The van der Waals surface area contributed by atoms with E-state index < -0.39 is 0 Å². The smallest absolute Gasteiger partial charge is 0.231 e. The lowest BCUT2D eigenvalue weighted by molar-refractivity contribution is -0.120. The molecule has 0 atom stereocenters. The van der Waals surface area contributed by atoms with Crippen LogP contribution in [0.25, 0.3) is 0 Å². The summed E-state index contributed by atoms with van der Waals surface area (Å²) in [6.45, 7) is 0. The Labute approximate surface area is 59.9 Å².